The molecule has 1 aliphatic rings. The Kier molecular flexibility index (Phi) is 6.97. The first-order valence-electron chi connectivity index (χ1n) is 10.9. The molecular weight excluding hydrogens is 478 g/mol. The molecule has 0 fully saturated rings. The van der Waals surface area contributed by atoms with Gasteiger partial charge in [-0.15, -0.1) is 10.2 Å². The van der Waals surface area contributed by atoms with Crippen molar-refractivity contribution >= 4 is 28.5 Å². The summed E-state index contributed by atoms with van der Waals surface area (Å²) in [6, 6.07) is 8.34. The van der Waals surface area contributed by atoms with Gasteiger partial charge in [0.2, 0.25) is 5.13 Å². The number of anilines is 1. The lowest BCUT2D eigenvalue weighted by molar-refractivity contribution is 0.0223. The van der Waals surface area contributed by atoms with Gasteiger partial charge in [0.25, 0.3) is 5.91 Å². The van der Waals surface area contributed by atoms with Gasteiger partial charge in [-0.25, -0.2) is 13.6 Å². The van der Waals surface area contributed by atoms with E-state index in [1.807, 2.05) is 26.8 Å². The van der Waals surface area contributed by atoms with Crippen LogP contribution < -0.4 is 10.1 Å². The first kappa shape index (κ1) is 24.5. The average Bonchev–Trinajstić information content (AvgIpc) is 3.23. The van der Waals surface area contributed by atoms with Gasteiger partial charge in [-0.2, -0.15) is 0 Å². The Hall–Kier alpha value is -3.60. The van der Waals surface area contributed by atoms with Crippen molar-refractivity contribution in [1.82, 2.24) is 15.1 Å². The Balaban J connectivity index is 1.35. The van der Waals surface area contributed by atoms with Crippen LogP contribution in [0.3, 0.4) is 0 Å². The number of fused-ring (bicyclic) bond motifs is 1. The number of rotatable bonds is 5. The van der Waals surface area contributed by atoms with Crippen molar-refractivity contribution in [2.75, 3.05) is 11.9 Å². The minimum atomic E-state index is -0.815. The van der Waals surface area contributed by atoms with E-state index in [9.17, 15) is 18.4 Å². The monoisotopic (exact) mass is 502 g/mol. The molecule has 2 amide bonds. The van der Waals surface area contributed by atoms with Gasteiger partial charge in [-0.3, -0.25) is 10.1 Å². The number of amides is 2. The molecule has 1 aliphatic heterocycles. The summed E-state index contributed by atoms with van der Waals surface area (Å²) < 4.78 is 37.4. The fraction of sp³-hybridized carbons (Fsp3) is 0.333. The number of aromatic nitrogens is 2. The zero-order valence-corrected chi connectivity index (χ0v) is 20.2. The third kappa shape index (κ3) is 6.30. The van der Waals surface area contributed by atoms with Crippen molar-refractivity contribution in [3.05, 3.63) is 69.7 Å². The summed E-state index contributed by atoms with van der Waals surface area (Å²) in [4.78, 5) is 26.7. The van der Waals surface area contributed by atoms with Crippen molar-refractivity contribution in [2.24, 2.45) is 0 Å². The van der Waals surface area contributed by atoms with E-state index in [2.05, 4.69) is 15.5 Å². The van der Waals surface area contributed by atoms with Gasteiger partial charge in [0.1, 0.15) is 18.0 Å². The van der Waals surface area contributed by atoms with Crippen molar-refractivity contribution in [3.63, 3.8) is 0 Å². The highest BCUT2D eigenvalue weighted by Gasteiger charge is 2.26. The third-order valence-corrected chi connectivity index (χ3v) is 5.88. The normalized spacial score (nSPS) is 13.2. The van der Waals surface area contributed by atoms with Crippen LogP contribution in [-0.2, 0) is 24.3 Å². The summed E-state index contributed by atoms with van der Waals surface area (Å²) >= 11 is 1.09. The topological polar surface area (TPSA) is 93.7 Å². The number of carbonyl (C=O) groups is 2. The summed E-state index contributed by atoms with van der Waals surface area (Å²) in [6.45, 7) is 6.32. The maximum atomic E-state index is 13.7. The van der Waals surface area contributed by atoms with Crippen LogP contribution >= 0.6 is 11.3 Å². The van der Waals surface area contributed by atoms with E-state index >= 15 is 0 Å². The Labute approximate surface area is 204 Å². The van der Waals surface area contributed by atoms with Gasteiger partial charge in [-0.1, -0.05) is 17.4 Å². The second-order valence-electron chi connectivity index (χ2n) is 8.95. The molecule has 4 rings (SSSR count). The summed E-state index contributed by atoms with van der Waals surface area (Å²) in [5.41, 5.74) is 1.84. The standard InChI is InChI=1S/C24H24F2N4O4S/c1-24(2,3)34-23(32)30-9-8-14-10-15(4-5-16(14)12-30)21(31)27-22-29-28-20(35-22)13-33-19-7-6-17(25)11-18(19)26/h4-7,10-11H,8-9,12-13H2,1-3H3,(H,27,29,31). The van der Waals surface area contributed by atoms with Gasteiger partial charge in [0.05, 0.1) is 0 Å². The summed E-state index contributed by atoms with van der Waals surface area (Å²) in [6.07, 6.45) is 0.249. The Bertz CT molecular complexity index is 1260. The van der Waals surface area contributed by atoms with Gasteiger partial charge < -0.3 is 14.4 Å². The summed E-state index contributed by atoms with van der Waals surface area (Å²) in [5.74, 6) is -1.97. The Morgan fingerprint density at radius 3 is 2.66 bits per heavy atom. The number of hydrogen-bond donors (Lipinski definition) is 1. The van der Waals surface area contributed by atoms with Gasteiger partial charge in [0.15, 0.2) is 16.6 Å². The minimum Gasteiger partial charge on any atom is -0.483 e. The molecule has 35 heavy (non-hydrogen) atoms. The van der Waals surface area contributed by atoms with E-state index in [1.165, 1.54) is 6.07 Å². The molecule has 1 N–H and O–H groups in total. The van der Waals surface area contributed by atoms with Crippen molar-refractivity contribution < 1.29 is 27.8 Å². The zero-order chi connectivity index (χ0) is 25.2. The number of benzene rings is 2. The van der Waals surface area contributed by atoms with E-state index in [0.717, 1.165) is 34.6 Å². The van der Waals surface area contributed by atoms with E-state index in [0.29, 0.717) is 30.1 Å². The van der Waals surface area contributed by atoms with Crippen LogP contribution in [0.5, 0.6) is 5.75 Å². The van der Waals surface area contributed by atoms with E-state index in [-0.39, 0.29) is 29.5 Å². The molecule has 0 atom stereocenters. The highest BCUT2D eigenvalue weighted by atomic mass is 32.1. The number of hydrogen-bond acceptors (Lipinski definition) is 7. The fourth-order valence-electron chi connectivity index (χ4n) is 3.44. The van der Waals surface area contributed by atoms with Crippen LogP contribution in [0.1, 0.15) is 47.3 Å². The largest absolute Gasteiger partial charge is 0.483 e. The van der Waals surface area contributed by atoms with Crippen LogP contribution in [0.25, 0.3) is 0 Å². The van der Waals surface area contributed by atoms with E-state index in [4.69, 9.17) is 9.47 Å². The highest BCUT2D eigenvalue weighted by Crippen LogP contribution is 2.24. The van der Waals surface area contributed by atoms with Crippen molar-refractivity contribution in [1.29, 1.82) is 0 Å². The second kappa shape index (κ2) is 9.95. The second-order valence-corrected chi connectivity index (χ2v) is 10.0. The number of halogens is 2. The van der Waals surface area contributed by atoms with Crippen LogP contribution in [0, 0.1) is 11.6 Å². The molecule has 3 aromatic rings. The van der Waals surface area contributed by atoms with Gasteiger partial charge >= 0.3 is 6.09 Å². The maximum Gasteiger partial charge on any atom is 0.410 e. The van der Waals surface area contributed by atoms with E-state index in [1.54, 1.807) is 17.0 Å². The molecule has 0 radical (unpaired) electrons. The number of nitrogens with zero attached hydrogens (tertiary/aromatic N) is 3. The fourth-order valence-corrected chi connectivity index (χ4v) is 4.09. The minimum absolute atomic E-state index is 0.0803. The molecule has 11 heteroatoms. The van der Waals surface area contributed by atoms with Crippen LogP contribution in [0.2, 0.25) is 0 Å². The maximum absolute atomic E-state index is 13.7. The van der Waals surface area contributed by atoms with Crippen molar-refractivity contribution in [3.8, 4) is 5.75 Å². The lowest BCUT2D eigenvalue weighted by atomic mass is 9.97. The predicted octanol–water partition coefficient (Wildman–Crippen LogP) is 4.94. The van der Waals surface area contributed by atoms with Crippen LogP contribution in [-0.4, -0.2) is 39.2 Å². The predicted molar refractivity (Wildman–Crippen MR) is 125 cm³/mol. The molecule has 1 aromatic heterocycles. The van der Waals surface area contributed by atoms with Crippen molar-refractivity contribution in [2.45, 2.75) is 45.9 Å². The smallest absolute Gasteiger partial charge is 0.410 e. The number of nitrogens with one attached hydrogen (secondary N) is 1. The number of ether oxygens (including phenoxy) is 2. The molecule has 0 spiro atoms. The third-order valence-electron chi connectivity index (χ3n) is 5.06. The molecule has 8 nitrogen and oxygen atoms in total. The molecule has 2 heterocycles. The number of carbonyl (C=O) groups excluding carboxylic acids is 2. The Morgan fingerprint density at radius 2 is 1.91 bits per heavy atom. The zero-order valence-electron chi connectivity index (χ0n) is 19.4. The van der Waals surface area contributed by atoms with Crippen LogP contribution in [0.15, 0.2) is 36.4 Å². The molecule has 0 saturated carbocycles. The molecule has 0 aliphatic carbocycles. The lowest BCUT2D eigenvalue weighted by Gasteiger charge is -2.31. The summed E-state index contributed by atoms with van der Waals surface area (Å²) in [5, 5.41) is 11.2. The molecule has 0 bridgehead atoms. The van der Waals surface area contributed by atoms with Gasteiger partial charge in [0, 0.05) is 24.7 Å². The average molecular weight is 503 g/mol. The summed E-state index contributed by atoms with van der Waals surface area (Å²) in [7, 11) is 0. The van der Waals surface area contributed by atoms with Gasteiger partial charge in [-0.05, 0) is 62.6 Å². The molecule has 0 unspecified atom stereocenters. The molecule has 2 aromatic carbocycles. The highest BCUT2D eigenvalue weighted by molar-refractivity contribution is 7.15. The lowest BCUT2D eigenvalue weighted by Crippen LogP contribution is -2.39. The Morgan fingerprint density at radius 1 is 1.11 bits per heavy atom. The van der Waals surface area contributed by atoms with E-state index < -0.39 is 17.2 Å². The first-order valence-corrected chi connectivity index (χ1v) is 11.7. The SMILES string of the molecule is CC(C)(C)OC(=O)N1CCc2cc(C(=O)Nc3nnc(COc4ccc(F)cc4F)s3)ccc2C1. The first-order chi connectivity index (χ1) is 16.6. The van der Waals surface area contributed by atoms with Crippen LogP contribution in [0.4, 0.5) is 18.7 Å². The molecule has 184 valence electrons. The quantitative estimate of drug-likeness (QED) is 0.531. The molecular formula is C24H24F2N4O4S. The molecule has 0 saturated heterocycles.